The average Bonchev–Trinajstić information content (AvgIpc) is 2.92. The Labute approximate surface area is 109 Å². The SMILES string of the molecule is CCC1CN(C(C)CNCc2ccco2)CCO1. The van der Waals surface area contributed by atoms with E-state index < -0.39 is 0 Å². The number of hydrogen-bond donors (Lipinski definition) is 1. The van der Waals surface area contributed by atoms with Crippen LogP contribution in [0, 0.1) is 0 Å². The second-order valence-corrected chi connectivity index (χ2v) is 4.96. The van der Waals surface area contributed by atoms with Crippen LogP contribution in [0.4, 0.5) is 0 Å². The molecule has 0 amide bonds. The van der Waals surface area contributed by atoms with E-state index in [0.29, 0.717) is 12.1 Å². The maximum atomic E-state index is 5.69. The van der Waals surface area contributed by atoms with Crippen LogP contribution in [-0.4, -0.2) is 43.3 Å². The van der Waals surface area contributed by atoms with Gasteiger partial charge in [0.25, 0.3) is 0 Å². The van der Waals surface area contributed by atoms with Gasteiger partial charge in [-0.15, -0.1) is 0 Å². The summed E-state index contributed by atoms with van der Waals surface area (Å²) in [6, 6.07) is 4.46. The zero-order valence-electron chi connectivity index (χ0n) is 11.4. The van der Waals surface area contributed by atoms with Gasteiger partial charge in [-0.2, -0.15) is 0 Å². The summed E-state index contributed by atoms with van der Waals surface area (Å²) in [6.45, 7) is 9.21. The molecule has 1 aromatic heterocycles. The van der Waals surface area contributed by atoms with Crippen LogP contribution in [0.15, 0.2) is 22.8 Å². The van der Waals surface area contributed by atoms with Gasteiger partial charge in [-0.3, -0.25) is 4.90 Å². The topological polar surface area (TPSA) is 37.6 Å². The Kier molecular flexibility index (Phi) is 5.23. The van der Waals surface area contributed by atoms with E-state index in [1.165, 1.54) is 0 Å². The quantitative estimate of drug-likeness (QED) is 0.838. The summed E-state index contributed by atoms with van der Waals surface area (Å²) in [5, 5.41) is 3.44. The fourth-order valence-corrected chi connectivity index (χ4v) is 2.34. The van der Waals surface area contributed by atoms with Crippen LogP contribution in [0.5, 0.6) is 0 Å². The fourth-order valence-electron chi connectivity index (χ4n) is 2.34. The molecular weight excluding hydrogens is 228 g/mol. The van der Waals surface area contributed by atoms with Gasteiger partial charge in [-0.1, -0.05) is 6.92 Å². The van der Waals surface area contributed by atoms with Crippen molar-refractivity contribution in [1.82, 2.24) is 10.2 Å². The third kappa shape index (κ3) is 3.83. The fraction of sp³-hybridized carbons (Fsp3) is 0.714. The molecule has 2 atom stereocenters. The second-order valence-electron chi connectivity index (χ2n) is 4.96. The Morgan fingerprint density at radius 1 is 1.56 bits per heavy atom. The molecule has 1 fully saturated rings. The van der Waals surface area contributed by atoms with Crippen molar-refractivity contribution in [2.45, 2.75) is 39.0 Å². The van der Waals surface area contributed by atoms with Crippen molar-refractivity contribution in [2.75, 3.05) is 26.2 Å². The number of nitrogens with one attached hydrogen (secondary N) is 1. The molecule has 0 bridgehead atoms. The molecule has 18 heavy (non-hydrogen) atoms. The highest BCUT2D eigenvalue weighted by atomic mass is 16.5. The lowest BCUT2D eigenvalue weighted by Crippen LogP contribution is -2.49. The van der Waals surface area contributed by atoms with Crippen LogP contribution in [0.25, 0.3) is 0 Å². The minimum absolute atomic E-state index is 0.409. The zero-order valence-corrected chi connectivity index (χ0v) is 11.4. The smallest absolute Gasteiger partial charge is 0.117 e. The molecule has 0 aliphatic carbocycles. The molecule has 1 aliphatic rings. The monoisotopic (exact) mass is 252 g/mol. The maximum Gasteiger partial charge on any atom is 0.117 e. The highest BCUT2D eigenvalue weighted by Crippen LogP contribution is 2.11. The third-order valence-electron chi connectivity index (χ3n) is 3.57. The van der Waals surface area contributed by atoms with Crippen molar-refractivity contribution in [2.24, 2.45) is 0 Å². The Hall–Kier alpha value is -0.840. The Morgan fingerprint density at radius 3 is 3.17 bits per heavy atom. The van der Waals surface area contributed by atoms with Crippen molar-refractivity contribution in [1.29, 1.82) is 0 Å². The van der Waals surface area contributed by atoms with Crippen LogP contribution in [0.3, 0.4) is 0 Å². The first kappa shape index (κ1) is 13.6. The standard InChI is InChI=1S/C14H24N2O2/c1-3-13-11-16(6-8-18-13)12(2)9-15-10-14-5-4-7-17-14/h4-5,7,12-13,15H,3,6,8-11H2,1-2H3. The lowest BCUT2D eigenvalue weighted by Gasteiger charge is -2.36. The molecule has 2 heterocycles. The van der Waals surface area contributed by atoms with E-state index in [4.69, 9.17) is 9.15 Å². The largest absolute Gasteiger partial charge is 0.468 e. The molecule has 1 saturated heterocycles. The van der Waals surface area contributed by atoms with E-state index >= 15 is 0 Å². The molecule has 1 aromatic rings. The molecule has 1 N–H and O–H groups in total. The summed E-state index contributed by atoms with van der Waals surface area (Å²) in [7, 11) is 0. The molecule has 4 nitrogen and oxygen atoms in total. The lowest BCUT2D eigenvalue weighted by atomic mass is 10.2. The first-order valence-corrected chi connectivity index (χ1v) is 6.88. The molecule has 4 heteroatoms. The Bertz CT molecular complexity index is 327. The summed E-state index contributed by atoms with van der Waals surface area (Å²) in [4.78, 5) is 2.51. The number of nitrogens with zero attached hydrogens (tertiary/aromatic N) is 1. The highest BCUT2D eigenvalue weighted by molar-refractivity contribution is 4.97. The molecule has 0 radical (unpaired) electrons. The van der Waals surface area contributed by atoms with Gasteiger partial charge in [-0.05, 0) is 25.5 Å². The number of rotatable bonds is 6. The van der Waals surface area contributed by atoms with Crippen LogP contribution >= 0.6 is 0 Å². The molecule has 0 aromatic carbocycles. The van der Waals surface area contributed by atoms with Gasteiger partial charge in [-0.25, -0.2) is 0 Å². The molecule has 102 valence electrons. The first-order chi connectivity index (χ1) is 8.79. The second kappa shape index (κ2) is 6.92. The number of ether oxygens (including phenoxy) is 1. The van der Waals surface area contributed by atoms with E-state index in [1.807, 2.05) is 12.1 Å². The highest BCUT2D eigenvalue weighted by Gasteiger charge is 2.22. The van der Waals surface area contributed by atoms with E-state index in [-0.39, 0.29) is 0 Å². The van der Waals surface area contributed by atoms with Crippen LogP contribution in [-0.2, 0) is 11.3 Å². The van der Waals surface area contributed by atoms with Gasteiger partial charge in [0, 0.05) is 25.7 Å². The minimum Gasteiger partial charge on any atom is -0.468 e. The normalized spacial score (nSPS) is 23.1. The number of furan rings is 1. The summed E-state index contributed by atoms with van der Waals surface area (Å²) >= 11 is 0. The van der Waals surface area contributed by atoms with Crippen molar-refractivity contribution in [3.8, 4) is 0 Å². The predicted octanol–water partition coefficient (Wildman–Crippen LogP) is 1.87. The number of morpholine rings is 1. The van der Waals surface area contributed by atoms with Crippen molar-refractivity contribution >= 4 is 0 Å². The molecule has 2 unspecified atom stereocenters. The van der Waals surface area contributed by atoms with Crippen LogP contribution in [0.2, 0.25) is 0 Å². The first-order valence-electron chi connectivity index (χ1n) is 6.88. The van der Waals surface area contributed by atoms with E-state index in [2.05, 4.69) is 24.1 Å². The molecule has 0 saturated carbocycles. The van der Waals surface area contributed by atoms with E-state index in [0.717, 1.165) is 45.0 Å². The van der Waals surface area contributed by atoms with Crippen LogP contribution in [0.1, 0.15) is 26.0 Å². The van der Waals surface area contributed by atoms with Crippen molar-refractivity contribution < 1.29 is 9.15 Å². The average molecular weight is 252 g/mol. The van der Waals surface area contributed by atoms with Gasteiger partial charge in [0.1, 0.15) is 5.76 Å². The van der Waals surface area contributed by atoms with Gasteiger partial charge in [0.15, 0.2) is 0 Å². The summed E-state index contributed by atoms with van der Waals surface area (Å²) in [6.07, 6.45) is 3.23. The van der Waals surface area contributed by atoms with E-state index in [1.54, 1.807) is 6.26 Å². The molecule has 2 rings (SSSR count). The lowest BCUT2D eigenvalue weighted by molar-refractivity contribution is -0.0417. The summed E-state index contributed by atoms with van der Waals surface area (Å²) in [5.74, 6) is 0.996. The molecule has 1 aliphatic heterocycles. The molecule has 0 spiro atoms. The van der Waals surface area contributed by atoms with Crippen molar-refractivity contribution in [3.63, 3.8) is 0 Å². The summed E-state index contributed by atoms with van der Waals surface area (Å²) < 4.78 is 11.0. The summed E-state index contributed by atoms with van der Waals surface area (Å²) in [5.41, 5.74) is 0. The Morgan fingerprint density at radius 2 is 2.44 bits per heavy atom. The molecular formula is C14H24N2O2. The van der Waals surface area contributed by atoms with Gasteiger partial charge < -0.3 is 14.5 Å². The third-order valence-corrected chi connectivity index (χ3v) is 3.57. The van der Waals surface area contributed by atoms with Crippen LogP contribution < -0.4 is 5.32 Å². The van der Waals surface area contributed by atoms with Gasteiger partial charge in [0.2, 0.25) is 0 Å². The van der Waals surface area contributed by atoms with Crippen molar-refractivity contribution in [3.05, 3.63) is 24.2 Å². The number of hydrogen-bond acceptors (Lipinski definition) is 4. The van der Waals surface area contributed by atoms with E-state index in [9.17, 15) is 0 Å². The Balaban J connectivity index is 1.68. The zero-order chi connectivity index (χ0) is 12.8. The van der Waals surface area contributed by atoms with Gasteiger partial charge in [0.05, 0.1) is 25.5 Å². The predicted molar refractivity (Wildman–Crippen MR) is 71.5 cm³/mol. The van der Waals surface area contributed by atoms with Gasteiger partial charge >= 0.3 is 0 Å². The maximum absolute atomic E-state index is 5.69. The minimum atomic E-state index is 0.409.